The van der Waals surface area contributed by atoms with E-state index in [1.165, 1.54) is 6.07 Å². The number of nitrogens with zero attached hydrogens (tertiary/aromatic N) is 4. The molecule has 39 heavy (non-hydrogen) atoms. The molecule has 0 atom stereocenters. The number of halogens is 2. The zero-order valence-corrected chi connectivity index (χ0v) is 21.7. The minimum absolute atomic E-state index is 0.0210. The molecule has 1 N–H and O–H groups in total. The van der Waals surface area contributed by atoms with Crippen molar-refractivity contribution in [2.24, 2.45) is 12.2 Å². The summed E-state index contributed by atoms with van der Waals surface area (Å²) in [6, 6.07) is 8.95. The molecule has 0 unspecified atom stereocenters. The second-order valence-corrected chi connectivity index (χ2v) is 10.8. The first-order valence-corrected chi connectivity index (χ1v) is 13.1. The van der Waals surface area contributed by atoms with Gasteiger partial charge in [0.1, 0.15) is 17.9 Å². The van der Waals surface area contributed by atoms with Gasteiger partial charge in [0.25, 0.3) is 5.56 Å². The first kappa shape index (κ1) is 25.8. The molecule has 6 rings (SSSR count). The molecule has 1 saturated carbocycles. The highest BCUT2D eigenvalue weighted by atomic mass is 19.2. The lowest BCUT2D eigenvalue weighted by Crippen LogP contribution is -2.42. The van der Waals surface area contributed by atoms with E-state index in [1.54, 1.807) is 29.9 Å². The van der Waals surface area contributed by atoms with Crippen LogP contribution in [0.15, 0.2) is 58.7 Å². The maximum Gasteiger partial charge on any atom is 0.250 e. The number of pyridine rings is 2. The molecule has 1 aromatic carbocycles. The van der Waals surface area contributed by atoms with Crippen LogP contribution in [0.2, 0.25) is 0 Å². The van der Waals surface area contributed by atoms with Gasteiger partial charge in [-0.05, 0) is 61.1 Å². The Morgan fingerprint density at radius 3 is 2.62 bits per heavy atom. The SMILES string of the molecule is Cn1cc2c(cc1=O)C1(CCN(Cc3ccc(C(=NOCC4(O)CC4)c4ccc(F)c(F)c4)nc3)CC1)OC2. The highest BCUT2D eigenvalue weighted by Crippen LogP contribution is 2.43. The highest BCUT2D eigenvalue weighted by molar-refractivity contribution is 6.11. The molecule has 2 fully saturated rings. The van der Waals surface area contributed by atoms with Crippen LogP contribution in [-0.2, 0) is 35.4 Å². The van der Waals surface area contributed by atoms with Crippen molar-refractivity contribution < 1.29 is 23.5 Å². The predicted octanol–water partition coefficient (Wildman–Crippen LogP) is 3.37. The Labute approximate surface area is 224 Å². The van der Waals surface area contributed by atoms with Crippen LogP contribution in [0.5, 0.6) is 0 Å². The summed E-state index contributed by atoms with van der Waals surface area (Å²) in [5, 5.41) is 14.2. The van der Waals surface area contributed by atoms with Crippen LogP contribution < -0.4 is 5.56 Å². The zero-order chi connectivity index (χ0) is 27.2. The molecule has 1 aliphatic carbocycles. The van der Waals surface area contributed by atoms with E-state index in [1.807, 2.05) is 12.3 Å². The summed E-state index contributed by atoms with van der Waals surface area (Å²) in [6.45, 7) is 2.87. The molecule has 8 nitrogen and oxygen atoms in total. The zero-order valence-electron chi connectivity index (χ0n) is 21.7. The van der Waals surface area contributed by atoms with E-state index < -0.39 is 22.8 Å². The van der Waals surface area contributed by atoms with Gasteiger partial charge in [-0.1, -0.05) is 11.2 Å². The van der Waals surface area contributed by atoms with Crippen LogP contribution in [0.1, 0.15) is 53.6 Å². The quantitative estimate of drug-likeness (QED) is 0.368. The number of benzene rings is 1. The molecule has 1 saturated heterocycles. The third-order valence-corrected chi connectivity index (χ3v) is 7.95. The number of hydrogen-bond donors (Lipinski definition) is 1. The molecule has 3 aliphatic rings. The molecule has 0 amide bonds. The van der Waals surface area contributed by atoms with Gasteiger partial charge in [-0.3, -0.25) is 14.7 Å². The molecule has 2 aromatic heterocycles. The number of hydrogen-bond acceptors (Lipinski definition) is 7. The number of aromatic nitrogens is 2. The summed E-state index contributed by atoms with van der Waals surface area (Å²) in [7, 11) is 1.76. The highest BCUT2D eigenvalue weighted by Gasteiger charge is 2.43. The van der Waals surface area contributed by atoms with Crippen molar-refractivity contribution in [3.05, 3.63) is 98.7 Å². The van der Waals surface area contributed by atoms with E-state index in [2.05, 4.69) is 15.0 Å². The Hall–Kier alpha value is -3.47. The number of likely N-dealkylation sites (tertiary alicyclic amines) is 1. The molecule has 0 bridgehead atoms. The first-order valence-electron chi connectivity index (χ1n) is 13.1. The number of rotatable bonds is 7. The second kappa shape index (κ2) is 9.93. The van der Waals surface area contributed by atoms with Gasteiger partial charge in [0.15, 0.2) is 11.6 Å². The van der Waals surface area contributed by atoms with Crippen LogP contribution in [-0.4, -0.2) is 50.6 Å². The third-order valence-electron chi connectivity index (χ3n) is 7.95. The van der Waals surface area contributed by atoms with Gasteiger partial charge in [-0.25, -0.2) is 8.78 Å². The van der Waals surface area contributed by atoms with E-state index in [4.69, 9.17) is 9.57 Å². The first-order chi connectivity index (χ1) is 18.7. The van der Waals surface area contributed by atoms with E-state index in [9.17, 15) is 18.7 Å². The molecule has 10 heteroatoms. The van der Waals surface area contributed by atoms with Gasteiger partial charge in [0, 0.05) is 56.3 Å². The van der Waals surface area contributed by atoms with Crippen LogP contribution in [0.4, 0.5) is 8.78 Å². The summed E-state index contributed by atoms with van der Waals surface area (Å²) in [6.07, 6.45) is 6.51. The standard InChI is InChI=1S/C29H30F2N4O4/c1-34-16-21-17-38-29(22(21)13-26(34)36)8-10-35(11-9-29)15-19-2-5-25(32-14-19)27(33-39-18-28(37)6-7-28)20-3-4-23(30)24(31)12-20/h2-5,12-14,16,37H,6-11,15,17-18H2,1H3. The van der Waals surface area contributed by atoms with Crippen molar-refractivity contribution in [2.75, 3.05) is 19.7 Å². The number of aryl methyl sites for hydroxylation is 1. The monoisotopic (exact) mass is 536 g/mol. The Morgan fingerprint density at radius 1 is 1.13 bits per heavy atom. The van der Waals surface area contributed by atoms with E-state index in [-0.39, 0.29) is 17.9 Å². The largest absolute Gasteiger partial charge is 0.392 e. The number of ether oxygens (including phenoxy) is 1. The fraction of sp³-hybridized carbons (Fsp3) is 0.414. The third kappa shape index (κ3) is 5.24. The minimum atomic E-state index is -0.991. The number of aliphatic hydroxyl groups is 1. The average Bonchev–Trinajstić information content (AvgIpc) is 3.58. The van der Waals surface area contributed by atoms with E-state index >= 15 is 0 Å². The number of fused-ring (bicyclic) bond motifs is 2. The molecule has 204 valence electrons. The van der Waals surface area contributed by atoms with Crippen molar-refractivity contribution in [1.29, 1.82) is 0 Å². The van der Waals surface area contributed by atoms with Crippen LogP contribution in [0.25, 0.3) is 0 Å². The summed E-state index contributed by atoms with van der Waals surface area (Å²) in [4.78, 5) is 24.5. The van der Waals surface area contributed by atoms with Gasteiger partial charge in [0.05, 0.1) is 17.9 Å². The van der Waals surface area contributed by atoms with Crippen molar-refractivity contribution in [3.8, 4) is 0 Å². The van der Waals surface area contributed by atoms with E-state index in [0.717, 1.165) is 54.8 Å². The van der Waals surface area contributed by atoms with Gasteiger partial charge in [0.2, 0.25) is 0 Å². The van der Waals surface area contributed by atoms with E-state index in [0.29, 0.717) is 37.3 Å². The molecule has 1 spiro atoms. The van der Waals surface area contributed by atoms with Crippen molar-refractivity contribution in [3.63, 3.8) is 0 Å². The van der Waals surface area contributed by atoms with Crippen LogP contribution in [0, 0.1) is 11.6 Å². The smallest absolute Gasteiger partial charge is 0.250 e. The maximum atomic E-state index is 14.0. The summed E-state index contributed by atoms with van der Waals surface area (Å²) < 4.78 is 35.3. The molecular formula is C29H30F2N4O4. The molecule has 0 radical (unpaired) electrons. The Morgan fingerprint density at radius 2 is 1.92 bits per heavy atom. The Kier molecular flexibility index (Phi) is 6.57. The molecule has 4 heterocycles. The van der Waals surface area contributed by atoms with Crippen molar-refractivity contribution in [2.45, 2.75) is 50.0 Å². The van der Waals surface area contributed by atoms with Gasteiger partial charge in [-0.15, -0.1) is 0 Å². The van der Waals surface area contributed by atoms with Gasteiger partial charge < -0.3 is 19.2 Å². The topological polar surface area (TPSA) is 89.2 Å². The van der Waals surface area contributed by atoms with Gasteiger partial charge in [-0.2, -0.15) is 0 Å². The lowest BCUT2D eigenvalue weighted by Gasteiger charge is -2.39. The summed E-state index contributed by atoms with van der Waals surface area (Å²) >= 11 is 0. The second-order valence-electron chi connectivity index (χ2n) is 10.8. The Bertz CT molecular complexity index is 1480. The molecular weight excluding hydrogens is 506 g/mol. The van der Waals surface area contributed by atoms with Crippen LogP contribution >= 0.6 is 0 Å². The predicted molar refractivity (Wildman–Crippen MR) is 139 cm³/mol. The molecule has 3 aromatic rings. The fourth-order valence-corrected chi connectivity index (χ4v) is 5.32. The average molecular weight is 537 g/mol. The lowest BCUT2D eigenvalue weighted by molar-refractivity contribution is -0.0799. The number of oxime groups is 1. The Balaban J connectivity index is 1.14. The maximum absolute atomic E-state index is 14.0. The fourth-order valence-electron chi connectivity index (χ4n) is 5.32. The molecule has 2 aliphatic heterocycles. The van der Waals surface area contributed by atoms with Crippen molar-refractivity contribution in [1.82, 2.24) is 14.5 Å². The summed E-state index contributed by atoms with van der Waals surface area (Å²) in [5.41, 5.74) is 2.84. The minimum Gasteiger partial charge on any atom is -0.392 e. The number of piperidine rings is 1. The normalized spacial score (nSPS) is 19.7. The van der Waals surface area contributed by atoms with Gasteiger partial charge >= 0.3 is 0 Å². The van der Waals surface area contributed by atoms with Crippen molar-refractivity contribution >= 4 is 5.71 Å². The van der Waals surface area contributed by atoms with Crippen LogP contribution in [0.3, 0.4) is 0 Å². The summed E-state index contributed by atoms with van der Waals surface area (Å²) in [5.74, 6) is -1.94. The lowest BCUT2D eigenvalue weighted by atomic mass is 9.84.